The molecule has 23 heavy (non-hydrogen) atoms. The lowest BCUT2D eigenvalue weighted by molar-refractivity contribution is -0.385. The Morgan fingerprint density at radius 2 is 1.87 bits per heavy atom. The molecule has 0 aliphatic heterocycles. The molecule has 3 aromatic rings. The molecule has 0 unspecified atom stereocenters. The first-order valence-electron chi connectivity index (χ1n) is 7.05. The van der Waals surface area contributed by atoms with E-state index in [9.17, 15) is 10.1 Å². The third-order valence-electron chi connectivity index (χ3n) is 3.50. The molecule has 1 aromatic carbocycles. The number of rotatable bonds is 4. The van der Waals surface area contributed by atoms with Crippen molar-refractivity contribution in [2.24, 2.45) is 0 Å². The van der Waals surface area contributed by atoms with Crippen molar-refractivity contribution in [3.63, 3.8) is 0 Å². The van der Waals surface area contributed by atoms with E-state index in [1.54, 1.807) is 6.07 Å². The molecule has 0 spiro atoms. The van der Waals surface area contributed by atoms with E-state index in [1.807, 2.05) is 48.9 Å². The van der Waals surface area contributed by atoms with Gasteiger partial charge in [-0.15, -0.1) is 0 Å². The van der Waals surface area contributed by atoms with Gasteiger partial charge >= 0.3 is 0 Å². The summed E-state index contributed by atoms with van der Waals surface area (Å²) in [5.74, 6) is 0.536. The summed E-state index contributed by atoms with van der Waals surface area (Å²) in [5.41, 5.74) is 3.54. The van der Waals surface area contributed by atoms with E-state index >= 15 is 0 Å². The fourth-order valence-corrected chi connectivity index (χ4v) is 2.34. The van der Waals surface area contributed by atoms with Crippen molar-refractivity contribution in [3.8, 4) is 5.69 Å². The number of hydrogen-bond acceptors (Lipinski definition) is 5. The fraction of sp³-hybridized carbons (Fsp3) is 0.125. The molecular weight excluding hydrogens is 294 g/mol. The molecule has 0 amide bonds. The van der Waals surface area contributed by atoms with Crippen LogP contribution in [0.2, 0.25) is 0 Å². The van der Waals surface area contributed by atoms with Gasteiger partial charge < -0.3 is 5.32 Å². The second kappa shape index (κ2) is 5.88. The van der Waals surface area contributed by atoms with Gasteiger partial charge in [0.05, 0.1) is 27.7 Å². The molecule has 0 atom stereocenters. The van der Waals surface area contributed by atoms with E-state index in [4.69, 9.17) is 0 Å². The van der Waals surface area contributed by atoms with Crippen LogP contribution < -0.4 is 5.32 Å². The van der Waals surface area contributed by atoms with Crippen LogP contribution in [0.1, 0.15) is 11.4 Å². The summed E-state index contributed by atoms with van der Waals surface area (Å²) in [6.07, 6.45) is 1.23. The molecule has 7 nitrogen and oxygen atoms in total. The van der Waals surface area contributed by atoms with Crippen LogP contribution in [0.3, 0.4) is 0 Å². The van der Waals surface area contributed by atoms with Crippen molar-refractivity contribution in [1.29, 1.82) is 0 Å². The maximum atomic E-state index is 10.7. The molecule has 1 N–H and O–H groups in total. The molecular formula is C16H15N5O2. The Kier molecular flexibility index (Phi) is 3.76. The highest BCUT2D eigenvalue weighted by molar-refractivity contribution is 5.63. The Bertz CT molecular complexity index is 841. The number of benzene rings is 1. The number of anilines is 2. The van der Waals surface area contributed by atoms with Gasteiger partial charge in [0.15, 0.2) is 0 Å². The highest BCUT2D eigenvalue weighted by atomic mass is 16.6. The Balaban J connectivity index is 1.92. The van der Waals surface area contributed by atoms with Crippen molar-refractivity contribution >= 4 is 17.2 Å². The largest absolute Gasteiger partial charge is 0.337 e. The predicted octanol–water partition coefficient (Wildman–Crippen LogP) is 3.54. The molecule has 7 heteroatoms. The van der Waals surface area contributed by atoms with Gasteiger partial charge in [0.1, 0.15) is 12.0 Å². The zero-order valence-electron chi connectivity index (χ0n) is 12.7. The number of nitro groups is 1. The monoisotopic (exact) mass is 309 g/mol. The molecule has 0 saturated heterocycles. The first kappa shape index (κ1) is 14.7. The molecule has 0 radical (unpaired) electrons. The first-order valence-corrected chi connectivity index (χ1v) is 7.05. The number of aryl methyl sites for hydroxylation is 1. The third-order valence-corrected chi connectivity index (χ3v) is 3.50. The summed E-state index contributed by atoms with van der Waals surface area (Å²) in [7, 11) is 0. The third kappa shape index (κ3) is 2.89. The minimum atomic E-state index is -0.472. The molecule has 2 heterocycles. The van der Waals surface area contributed by atoms with Gasteiger partial charge in [0, 0.05) is 6.07 Å². The van der Waals surface area contributed by atoms with Crippen LogP contribution in [0, 0.1) is 24.0 Å². The lowest BCUT2D eigenvalue weighted by Gasteiger charge is -2.07. The van der Waals surface area contributed by atoms with E-state index in [1.165, 1.54) is 12.3 Å². The van der Waals surface area contributed by atoms with E-state index < -0.39 is 4.92 Å². The minimum Gasteiger partial charge on any atom is -0.337 e. The number of para-hydroxylation sites is 1. The van der Waals surface area contributed by atoms with Crippen LogP contribution >= 0.6 is 0 Å². The number of pyridine rings is 1. The summed E-state index contributed by atoms with van der Waals surface area (Å²) < 4.78 is 1.85. The zero-order valence-corrected chi connectivity index (χ0v) is 12.7. The lowest BCUT2D eigenvalue weighted by atomic mass is 10.3. The Morgan fingerprint density at radius 1 is 1.13 bits per heavy atom. The summed E-state index contributed by atoms with van der Waals surface area (Å²) >= 11 is 0. The first-order chi connectivity index (χ1) is 11.1. The highest BCUT2D eigenvalue weighted by Gasteiger charge is 2.14. The number of aromatic nitrogens is 3. The van der Waals surface area contributed by atoms with Crippen molar-refractivity contribution < 1.29 is 4.92 Å². The van der Waals surface area contributed by atoms with Crippen LogP contribution in [0.5, 0.6) is 0 Å². The summed E-state index contributed by atoms with van der Waals surface area (Å²) in [6.45, 7) is 3.86. The number of hydrogen-bond donors (Lipinski definition) is 1. The van der Waals surface area contributed by atoms with E-state index in [0.29, 0.717) is 5.82 Å². The average Bonchev–Trinajstić information content (AvgIpc) is 2.84. The second-order valence-electron chi connectivity index (χ2n) is 5.08. The highest BCUT2D eigenvalue weighted by Crippen LogP contribution is 2.26. The van der Waals surface area contributed by atoms with Crippen molar-refractivity contribution in [2.45, 2.75) is 13.8 Å². The smallest absolute Gasteiger partial charge is 0.287 e. The van der Waals surface area contributed by atoms with E-state index in [-0.39, 0.29) is 5.69 Å². The van der Waals surface area contributed by atoms with Gasteiger partial charge in [0.25, 0.3) is 5.69 Å². The van der Waals surface area contributed by atoms with Gasteiger partial charge in [-0.2, -0.15) is 5.10 Å². The Hall–Kier alpha value is -3.22. The van der Waals surface area contributed by atoms with Gasteiger partial charge in [-0.25, -0.2) is 9.67 Å². The van der Waals surface area contributed by atoms with Gasteiger partial charge in [0.2, 0.25) is 0 Å². The Labute approximate surface area is 132 Å². The number of nitrogens with one attached hydrogen (secondary N) is 1. The van der Waals surface area contributed by atoms with Gasteiger partial charge in [-0.05, 0) is 32.0 Å². The molecule has 0 aliphatic carbocycles. The van der Waals surface area contributed by atoms with Crippen LogP contribution in [-0.4, -0.2) is 19.7 Å². The molecule has 0 fully saturated rings. The van der Waals surface area contributed by atoms with Crippen molar-refractivity contribution in [1.82, 2.24) is 14.8 Å². The summed E-state index contributed by atoms with van der Waals surface area (Å²) in [6, 6.07) is 12.8. The summed E-state index contributed by atoms with van der Waals surface area (Å²) in [4.78, 5) is 14.3. The van der Waals surface area contributed by atoms with Crippen molar-refractivity contribution in [2.75, 3.05) is 5.32 Å². The maximum absolute atomic E-state index is 10.7. The molecule has 116 valence electrons. The van der Waals surface area contributed by atoms with Crippen LogP contribution in [-0.2, 0) is 0 Å². The molecule has 0 saturated carbocycles. The topological polar surface area (TPSA) is 85.9 Å². The predicted molar refractivity (Wildman–Crippen MR) is 87.2 cm³/mol. The fourth-order valence-electron chi connectivity index (χ4n) is 2.34. The van der Waals surface area contributed by atoms with Gasteiger partial charge in [-0.1, -0.05) is 18.2 Å². The van der Waals surface area contributed by atoms with Gasteiger partial charge in [-0.3, -0.25) is 10.1 Å². The SMILES string of the molecule is Cc1nn(-c2ccccc2)c(C)c1Nc1ccc([N+](=O)[O-])cn1. The summed E-state index contributed by atoms with van der Waals surface area (Å²) in [5, 5.41) is 18.4. The van der Waals surface area contributed by atoms with Crippen LogP contribution in [0.25, 0.3) is 5.69 Å². The molecule has 2 aromatic heterocycles. The maximum Gasteiger partial charge on any atom is 0.287 e. The van der Waals surface area contributed by atoms with Crippen molar-refractivity contribution in [3.05, 3.63) is 70.2 Å². The molecule has 0 aliphatic rings. The number of nitrogens with zero attached hydrogens (tertiary/aromatic N) is 4. The second-order valence-corrected chi connectivity index (χ2v) is 5.08. The lowest BCUT2D eigenvalue weighted by Crippen LogP contribution is -2.00. The zero-order chi connectivity index (χ0) is 16.4. The minimum absolute atomic E-state index is 0.0380. The normalized spacial score (nSPS) is 10.5. The van der Waals surface area contributed by atoms with Crippen LogP contribution in [0.15, 0.2) is 48.7 Å². The molecule has 3 rings (SSSR count). The molecule has 0 bridgehead atoms. The van der Waals surface area contributed by atoms with E-state index in [2.05, 4.69) is 15.4 Å². The quantitative estimate of drug-likeness (QED) is 0.588. The average molecular weight is 309 g/mol. The Morgan fingerprint density at radius 3 is 2.48 bits per heavy atom. The standard InChI is InChI=1S/C16H15N5O2/c1-11-16(18-15-9-8-14(10-17-15)21(22)23)12(2)20(19-11)13-6-4-3-5-7-13/h3-10H,1-2H3,(H,17,18). The van der Waals surface area contributed by atoms with Crippen LogP contribution in [0.4, 0.5) is 17.2 Å². The van der Waals surface area contributed by atoms with E-state index in [0.717, 1.165) is 22.8 Å².